The van der Waals surface area contributed by atoms with Crippen LogP contribution in [0.1, 0.15) is 41.5 Å². The first-order valence-electron chi connectivity index (χ1n) is 12.4. The lowest BCUT2D eigenvalue weighted by atomic mass is 9.86. The zero-order valence-electron chi connectivity index (χ0n) is 21.3. The van der Waals surface area contributed by atoms with Crippen LogP contribution in [0.4, 0.5) is 8.78 Å². The van der Waals surface area contributed by atoms with Crippen LogP contribution in [-0.4, -0.2) is 23.8 Å². The Hall–Kier alpha value is -4.26. The predicted octanol–water partition coefficient (Wildman–Crippen LogP) is 5.88. The van der Waals surface area contributed by atoms with Gasteiger partial charge in [-0.3, -0.25) is 4.79 Å². The van der Waals surface area contributed by atoms with Crippen LogP contribution in [0.25, 0.3) is 0 Å². The number of halogens is 2. The second kappa shape index (κ2) is 12.3. The molecular weight excluding hydrogens is 488 g/mol. The van der Waals surface area contributed by atoms with E-state index in [-0.39, 0.29) is 23.1 Å². The SMILES string of the molecule is COC(=O)[C@H](C)Oc1cccc(CCCn2cc(C(c3ccc(F)cc3)c3ccc(F)cc3)ccc2=O)c1. The number of methoxy groups -OCH3 is 1. The number of ether oxygens (including phenoxy) is 2. The molecule has 0 N–H and O–H groups in total. The predicted molar refractivity (Wildman–Crippen MR) is 141 cm³/mol. The van der Waals surface area contributed by atoms with Crippen molar-refractivity contribution in [2.75, 3.05) is 7.11 Å². The number of aryl methyl sites for hydroxylation is 2. The summed E-state index contributed by atoms with van der Waals surface area (Å²) in [6.07, 6.45) is 2.49. The van der Waals surface area contributed by atoms with E-state index in [1.54, 1.807) is 47.9 Å². The molecule has 1 atom stereocenters. The van der Waals surface area contributed by atoms with E-state index in [9.17, 15) is 18.4 Å². The molecule has 1 aromatic heterocycles. The van der Waals surface area contributed by atoms with Gasteiger partial charge in [0.25, 0.3) is 5.56 Å². The lowest BCUT2D eigenvalue weighted by Gasteiger charge is -2.20. The van der Waals surface area contributed by atoms with Crippen LogP contribution < -0.4 is 10.3 Å². The Bertz CT molecular complexity index is 1390. The first-order valence-corrected chi connectivity index (χ1v) is 12.4. The van der Waals surface area contributed by atoms with Gasteiger partial charge >= 0.3 is 5.97 Å². The molecule has 7 heteroatoms. The van der Waals surface area contributed by atoms with Crippen molar-refractivity contribution in [3.63, 3.8) is 0 Å². The smallest absolute Gasteiger partial charge is 0.346 e. The van der Waals surface area contributed by atoms with Gasteiger partial charge in [0, 0.05) is 24.7 Å². The van der Waals surface area contributed by atoms with Gasteiger partial charge in [-0.05, 0) is 78.4 Å². The Morgan fingerprint density at radius 2 is 1.47 bits per heavy atom. The molecule has 0 bridgehead atoms. The average Bonchev–Trinajstić information content (AvgIpc) is 2.92. The monoisotopic (exact) mass is 517 g/mol. The van der Waals surface area contributed by atoms with Crippen LogP contribution >= 0.6 is 0 Å². The van der Waals surface area contributed by atoms with Gasteiger partial charge in [-0.25, -0.2) is 13.6 Å². The lowest BCUT2D eigenvalue weighted by Crippen LogP contribution is -2.24. The van der Waals surface area contributed by atoms with Crippen LogP contribution in [0.5, 0.6) is 5.75 Å². The number of aromatic nitrogens is 1. The van der Waals surface area contributed by atoms with Gasteiger partial charge in [0.05, 0.1) is 7.11 Å². The zero-order valence-corrected chi connectivity index (χ0v) is 21.3. The number of pyridine rings is 1. The first-order chi connectivity index (χ1) is 18.3. The quantitative estimate of drug-likeness (QED) is 0.247. The Balaban J connectivity index is 1.52. The highest BCUT2D eigenvalue weighted by Gasteiger charge is 2.18. The third kappa shape index (κ3) is 6.73. The third-order valence-corrected chi connectivity index (χ3v) is 6.36. The maximum Gasteiger partial charge on any atom is 0.346 e. The van der Waals surface area contributed by atoms with Crippen LogP contribution in [0.2, 0.25) is 0 Å². The zero-order chi connectivity index (χ0) is 27.1. The Labute approximate surface area is 220 Å². The minimum Gasteiger partial charge on any atom is -0.479 e. The van der Waals surface area contributed by atoms with Gasteiger partial charge in [-0.2, -0.15) is 0 Å². The van der Waals surface area contributed by atoms with E-state index in [1.807, 2.05) is 24.4 Å². The van der Waals surface area contributed by atoms with E-state index < -0.39 is 12.1 Å². The summed E-state index contributed by atoms with van der Waals surface area (Å²) in [6, 6.07) is 23.2. The molecule has 0 aliphatic heterocycles. The molecule has 0 fully saturated rings. The highest BCUT2D eigenvalue weighted by Crippen LogP contribution is 2.32. The molecule has 0 amide bonds. The highest BCUT2D eigenvalue weighted by atomic mass is 19.1. The molecule has 1 heterocycles. The normalized spacial score (nSPS) is 11.8. The van der Waals surface area contributed by atoms with E-state index in [0.29, 0.717) is 25.1 Å². The number of hydrogen-bond donors (Lipinski definition) is 0. The number of esters is 1. The van der Waals surface area contributed by atoms with Crippen LogP contribution in [0.15, 0.2) is 95.9 Å². The van der Waals surface area contributed by atoms with Crippen molar-refractivity contribution in [1.82, 2.24) is 4.57 Å². The molecule has 4 aromatic rings. The third-order valence-electron chi connectivity index (χ3n) is 6.36. The lowest BCUT2D eigenvalue weighted by molar-refractivity contribution is -0.147. The van der Waals surface area contributed by atoms with Gasteiger partial charge in [-0.15, -0.1) is 0 Å². The topological polar surface area (TPSA) is 57.5 Å². The second-order valence-corrected chi connectivity index (χ2v) is 9.06. The molecule has 3 aromatic carbocycles. The molecule has 0 aliphatic rings. The minimum atomic E-state index is -0.716. The van der Waals surface area contributed by atoms with Crippen LogP contribution in [0, 0.1) is 11.6 Å². The molecule has 5 nitrogen and oxygen atoms in total. The van der Waals surface area contributed by atoms with Gasteiger partial charge in [-0.1, -0.05) is 42.5 Å². The number of rotatable bonds is 10. The summed E-state index contributed by atoms with van der Waals surface area (Å²) in [5.74, 6) is -0.861. The maximum absolute atomic E-state index is 13.6. The van der Waals surface area contributed by atoms with Gasteiger partial charge in [0.2, 0.25) is 0 Å². The summed E-state index contributed by atoms with van der Waals surface area (Å²) < 4.78 is 39.3. The van der Waals surface area contributed by atoms with Crippen molar-refractivity contribution in [3.8, 4) is 5.75 Å². The van der Waals surface area contributed by atoms with Crippen molar-refractivity contribution in [2.45, 2.75) is 38.3 Å². The van der Waals surface area contributed by atoms with Crippen molar-refractivity contribution < 1.29 is 23.0 Å². The molecule has 0 aliphatic carbocycles. The summed E-state index contributed by atoms with van der Waals surface area (Å²) in [5.41, 5.74) is 3.39. The maximum atomic E-state index is 13.6. The first kappa shape index (κ1) is 26.8. The Morgan fingerprint density at radius 3 is 2.08 bits per heavy atom. The largest absolute Gasteiger partial charge is 0.479 e. The molecule has 196 valence electrons. The fourth-order valence-corrected chi connectivity index (χ4v) is 4.43. The molecule has 4 rings (SSSR count). The fourth-order valence-electron chi connectivity index (χ4n) is 4.43. The van der Waals surface area contributed by atoms with Crippen molar-refractivity contribution in [2.24, 2.45) is 0 Å². The fraction of sp³-hybridized carbons (Fsp3) is 0.226. The second-order valence-electron chi connectivity index (χ2n) is 9.06. The Kier molecular flexibility index (Phi) is 8.69. The summed E-state index contributed by atoms with van der Waals surface area (Å²) in [4.78, 5) is 24.3. The van der Waals surface area contributed by atoms with E-state index in [0.717, 1.165) is 22.3 Å². The van der Waals surface area contributed by atoms with E-state index in [4.69, 9.17) is 9.47 Å². The van der Waals surface area contributed by atoms with E-state index in [1.165, 1.54) is 37.4 Å². The molecule has 0 spiro atoms. The standard InChI is InChI=1S/C31H29F2NO4/c1-21(31(36)37-2)38-28-7-3-5-22(19-28)6-4-18-34-20-25(12-17-29(34)35)30(23-8-13-26(32)14-9-23)24-10-15-27(33)16-11-24/h3,5,7-17,19-21,30H,4,6,18H2,1-2H3/t21-/m0/s1. The summed E-state index contributed by atoms with van der Waals surface area (Å²) in [7, 11) is 1.32. The number of carbonyl (C=O) groups excluding carboxylic acids is 1. The summed E-state index contributed by atoms with van der Waals surface area (Å²) in [6.45, 7) is 2.11. The molecule has 38 heavy (non-hydrogen) atoms. The van der Waals surface area contributed by atoms with Crippen LogP contribution in [-0.2, 0) is 22.5 Å². The number of benzene rings is 3. The van der Waals surface area contributed by atoms with Gasteiger partial charge in [0.1, 0.15) is 17.4 Å². The van der Waals surface area contributed by atoms with Gasteiger partial charge in [0.15, 0.2) is 6.10 Å². The number of hydrogen-bond acceptors (Lipinski definition) is 4. The number of carbonyl (C=O) groups is 1. The van der Waals surface area contributed by atoms with Gasteiger partial charge < -0.3 is 14.0 Å². The molecular formula is C31H29F2NO4. The highest BCUT2D eigenvalue weighted by molar-refractivity contribution is 5.74. The molecule has 0 saturated carbocycles. The molecule has 0 unspecified atom stereocenters. The summed E-state index contributed by atoms with van der Waals surface area (Å²) in [5, 5.41) is 0. The minimum absolute atomic E-state index is 0.130. The molecule has 0 saturated heterocycles. The van der Waals surface area contributed by atoms with Crippen LogP contribution in [0.3, 0.4) is 0 Å². The van der Waals surface area contributed by atoms with E-state index >= 15 is 0 Å². The van der Waals surface area contributed by atoms with Crippen molar-refractivity contribution >= 4 is 5.97 Å². The van der Waals surface area contributed by atoms with Crippen molar-refractivity contribution in [3.05, 3.63) is 135 Å². The Morgan fingerprint density at radius 1 is 0.868 bits per heavy atom. The number of nitrogens with zero attached hydrogens (tertiary/aromatic N) is 1. The van der Waals surface area contributed by atoms with Crippen molar-refractivity contribution in [1.29, 1.82) is 0 Å². The molecule has 0 radical (unpaired) electrons. The van der Waals surface area contributed by atoms with E-state index in [2.05, 4.69) is 0 Å². The summed E-state index contributed by atoms with van der Waals surface area (Å²) >= 11 is 0. The average molecular weight is 518 g/mol.